The lowest BCUT2D eigenvalue weighted by Gasteiger charge is -2.27. The van der Waals surface area contributed by atoms with Crippen molar-refractivity contribution in [3.05, 3.63) is 53.3 Å². The number of anilines is 1. The van der Waals surface area contributed by atoms with Gasteiger partial charge in [-0.1, -0.05) is 22.9 Å². The molecule has 2 heterocycles. The highest BCUT2D eigenvalue weighted by molar-refractivity contribution is 7.99. The van der Waals surface area contributed by atoms with Gasteiger partial charge in [-0.2, -0.15) is 0 Å². The molecule has 5 nitrogen and oxygen atoms in total. The van der Waals surface area contributed by atoms with Gasteiger partial charge in [-0.05, 0) is 48.9 Å². The first kappa shape index (κ1) is 23.4. The number of rotatable bonds is 9. The first-order chi connectivity index (χ1) is 15.6. The summed E-state index contributed by atoms with van der Waals surface area (Å²) in [6.45, 7) is 4.94. The third kappa shape index (κ3) is 6.42. The van der Waals surface area contributed by atoms with Gasteiger partial charge < -0.3 is 4.74 Å². The number of ether oxygens (including phenoxy) is 1. The molecular formula is C23H25ClFN3O2S2. The molecule has 4 rings (SSSR count). The van der Waals surface area contributed by atoms with Gasteiger partial charge in [0.15, 0.2) is 5.13 Å². The van der Waals surface area contributed by atoms with Crippen LogP contribution in [0.5, 0.6) is 0 Å². The third-order valence-corrected chi connectivity index (χ3v) is 7.52. The Morgan fingerprint density at radius 1 is 1.22 bits per heavy atom. The van der Waals surface area contributed by atoms with Crippen LogP contribution in [0.3, 0.4) is 0 Å². The summed E-state index contributed by atoms with van der Waals surface area (Å²) in [7, 11) is 0. The van der Waals surface area contributed by atoms with Crippen molar-refractivity contribution in [2.75, 3.05) is 50.0 Å². The number of carbonyl (C=O) groups excluding carboxylic acids is 1. The Bertz CT molecular complexity index is 1040. The zero-order valence-electron chi connectivity index (χ0n) is 17.6. The van der Waals surface area contributed by atoms with Crippen molar-refractivity contribution in [3.63, 3.8) is 0 Å². The molecule has 0 atom stereocenters. The highest BCUT2D eigenvalue weighted by Gasteiger charge is 2.20. The van der Waals surface area contributed by atoms with E-state index in [1.807, 2.05) is 23.1 Å². The molecule has 0 bridgehead atoms. The number of thioether (sulfide) groups is 1. The van der Waals surface area contributed by atoms with E-state index in [2.05, 4.69) is 4.90 Å². The van der Waals surface area contributed by atoms with Crippen molar-refractivity contribution in [2.45, 2.75) is 17.7 Å². The van der Waals surface area contributed by atoms with Crippen LogP contribution in [0.4, 0.5) is 9.52 Å². The quantitative estimate of drug-likeness (QED) is 0.377. The molecule has 0 unspecified atom stereocenters. The Morgan fingerprint density at radius 3 is 2.78 bits per heavy atom. The highest BCUT2D eigenvalue weighted by Crippen LogP contribution is 2.31. The number of hydrogen-bond donors (Lipinski definition) is 0. The summed E-state index contributed by atoms with van der Waals surface area (Å²) in [5.41, 5.74) is 0.848. The van der Waals surface area contributed by atoms with E-state index in [9.17, 15) is 9.18 Å². The van der Waals surface area contributed by atoms with Gasteiger partial charge in [-0.3, -0.25) is 14.6 Å². The van der Waals surface area contributed by atoms with Crippen LogP contribution in [0, 0.1) is 5.82 Å². The molecule has 32 heavy (non-hydrogen) atoms. The first-order valence-electron chi connectivity index (χ1n) is 10.6. The van der Waals surface area contributed by atoms with Gasteiger partial charge in [0, 0.05) is 48.3 Å². The molecule has 0 N–H and O–H groups in total. The minimum atomic E-state index is -0.257. The van der Waals surface area contributed by atoms with Gasteiger partial charge in [0.1, 0.15) is 5.82 Å². The van der Waals surface area contributed by atoms with E-state index >= 15 is 0 Å². The fourth-order valence-corrected chi connectivity index (χ4v) is 5.65. The molecule has 0 spiro atoms. The molecule has 1 aliphatic heterocycles. The van der Waals surface area contributed by atoms with E-state index in [1.54, 1.807) is 23.9 Å². The smallest absolute Gasteiger partial charge is 0.229 e. The Morgan fingerprint density at radius 2 is 2.00 bits per heavy atom. The second-order valence-electron chi connectivity index (χ2n) is 7.51. The molecule has 2 aromatic carbocycles. The van der Waals surface area contributed by atoms with Crippen LogP contribution in [0.25, 0.3) is 10.2 Å². The number of amides is 1. The molecule has 1 aliphatic rings. The molecule has 1 saturated heterocycles. The second-order valence-corrected chi connectivity index (χ2v) is 10.1. The Labute approximate surface area is 200 Å². The van der Waals surface area contributed by atoms with Crippen molar-refractivity contribution in [2.24, 2.45) is 0 Å². The third-order valence-electron chi connectivity index (χ3n) is 5.23. The fraction of sp³-hybridized carbons (Fsp3) is 0.391. The topological polar surface area (TPSA) is 45.7 Å². The van der Waals surface area contributed by atoms with Gasteiger partial charge >= 0.3 is 0 Å². The Balaban J connectivity index is 1.41. The molecule has 0 aliphatic carbocycles. The van der Waals surface area contributed by atoms with Crippen LogP contribution in [0.1, 0.15) is 12.8 Å². The van der Waals surface area contributed by atoms with Gasteiger partial charge in [-0.25, -0.2) is 9.37 Å². The zero-order valence-corrected chi connectivity index (χ0v) is 20.0. The molecule has 3 aromatic rings. The molecule has 1 aromatic heterocycles. The van der Waals surface area contributed by atoms with Crippen molar-refractivity contribution in [1.82, 2.24) is 9.88 Å². The summed E-state index contributed by atoms with van der Waals surface area (Å²) in [6, 6.07) is 11.9. The van der Waals surface area contributed by atoms with E-state index in [-0.39, 0.29) is 11.7 Å². The van der Waals surface area contributed by atoms with Crippen molar-refractivity contribution < 1.29 is 13.9 Å². The number of morpholine rings is 1. The summed E-state index contributed by atoms with van der Waals surface area (Å²) in [5.74, 6) is 0.417. The summed E-state index contributed by atoms with van der Waals surface area (Å²) in [5, 5.41) is 1.37. The minimum absolute atomic E-state index is 0.0479. The summed E-state index contributed by atoms with van der Waals surface area (Å²) in [6.07, 6.45) is 1.25. The van der Waals surface area contributed by atoms with Crippen LogP contribution < -0.4 is 4.90 Å². The lowest BCUT2D eigenvalue weighted by molar-refractivity contribution is -0.118. The van der Waals surface area contributed by atoms with Crippen molar-refractivity contribution >= 4 is 56.0 Å². The number of nitrogens with zero attached hydrogens (tertiary/aromatic N) is 3. The largest absolute Gasteiger partial charge is 0.379 e. The Hall–Kier alpha value is -1.71. The van der Waals surface area contributed by atoms with E-state index in [1.165, 1.54) is 23.5 Å². The lowest BCUT2D eigenvalue weighted by atomic mass is 10.3. The minimum Gasteiger partial charge on any atom is -0.379 e. The number of hydrogen-bond acceptors (Lipinski definition) is 6. The Kier molecular flexibility index (Phi) is 8.37. The fourth-order valence-electron chi connectivity index (χ4n) is 3.53. The normalized spacial score (nSPS) is 14.7. The van der Waals surface area contributed by atoms with Gasteiger partial charge in [0.05, 0.1) is 23.4 Å². The molecule has 9 heteroatoms. The van der Waals surface area contributed by atoms with E-state index in [0.29, 0.717) is 28.9 Å². The number of halogens is 2. The zero-order chi connectivity index (χ0) is 22.3. The predicted octanol–water partition coefficient (Wildman–Crippen LogP) is 5.33. The van der Waals surface area contributed by atoms with Crippen LogP contribution in [-0.4, -0.2) is 60.9 Å². The molecular weight excluding hydrogens is 469 g/mol. The van der Waals surface area contributed by atoms with E-state index in [0.717, 1.165) is 54.4 Å². The predicted molar refractivity (Wildman–Crippen MR) is 131 cm³/mol. The molecule has 1 amide bonds. The van der Waals surface area contributed by atoms with E-state index in [4.69, 9.17) is 21.3 Å². The van der Waals surface area contributed by atoms with Gasteiger partial charge in [0.2, 0.25) is 5.91 Å². The average Bonchev–Trinajstić information content (AvgIpc) is 3.21. The summed E-state index contributed by atoms with van der Waals surface area (Å²) in [4.78, 5) is 23.0. The molecule has 170 valence electrons. The number of thiazole rings is 1. The summed E-state index contributed by atoms with van der Waals surface area (Å²) >= 11 is 9.18. The standard InChI is InChI=1S/C23H25ClFN3O2S2/c24-17-2-7-20-21(16-17)32-23(26-20)28(10-1-9-27-11-13-30-14-12-27)22(29)8-15-31-19-5-3-18(25)4-6-19/h2-7,16H,1,8-15H2. The maximum atomic E-state index is 13.2. The SMILES string of the molecule is O=C(CCSc1ccc(F)cc1)N(CCCN1CCOCC1)c1nc2ccc(Cl)cc2s1. The van der Waals surface area contributed by atoms with E-state index < -0.39 is 0 Å². The van der Waals surface area contributed by atoms with Gasteiger partial charge in [-0.15, -0.1) is 11.8 Å². The second kappa shape index (κ2) is 11.4. The number of fused-ring (bicyclic) bond motifs is 1. The summed E-state index contributed by atoms with van der Waals surface area (Å²) < 4.78 is 19.5. The van der Waals surface area contributed by atoms with Gasteiger partial charge in [0.25, 0.3) is 0 Å². The maximum absolute atomic E-state index is 13.2. The molecule has 1 fully saturated rings. The van der Waals surface area contributed by atoms with Crippen LogP contribution in [-0.2, 0) is 9.53 Å². The highest BCUT2D eigenvalue weighted by atomic mass is 35.5. The monoisotopic (exact) mass is 493 g/mol. The number of benzene rings is 2. The molecule has 0 saturated carbocycles. The van der Waals surface area contributed by atoms with Crippen LogP contribution in [0.15, 0.2) is 47.4 Å². The maximum Gasteiger partial charge on any atom is 0.229 e. The van der Waals surface area contributed by atoms with Crippen molar-refractivity contribution in [1.29, 1.82) is 0 Å². The van der Waals surface area contributed by atoms with Crippen molar-refractivity contribution in [3.8, 4) is 0 Å². The van der Waals surface area contributed by atoms with Crippen LogP contribution in [0.2, 0.25) is 5.02 Å². The molecule has 0 radical (unpaired) electrons. The lowest BCUT2D eigenvalue weighted by Crippen LogP contribution is -2.39. The van der Waals surface area contributed by atoms with Crippen LogP contribution >= 0.6 is 34.7 Å². The number of aromatic nitrogens is 1. The average molecular weight is 494 g/mol. The number of carbonyl (C=O) groups is 1. The first-order valence-corrected chi connectivity index (χ1v) is 12.8.